The van der Waals surface area contributed by atoms with E-state index in [9.17, 15) is 9.59 Å². The number of amides is 1. The summed E-state index contributed by atoms with van der Waals surface area (Å²) in [6.45, 7) is 0.463. The van der Waals surface area contributed by atoms with Gasteiger partial charge < -0.3 is 19.8 Å². The lowest BCUT2D eigenvalue weighted by molar-refractivity contribution is -0.115. The first-order valence-corrected chi connectivity index (χ1v) is 5.96. The fraction of sp³-hybridized carbons (Fsp3) is 0.154. The van der Waals surface area contributed by atoms with Crippen LogP contribution in [0, 0.1) is 0 Å². The van der Waals surface area contributed by atoms with Crippen LogP contribution in [-0.4, -0.2) is 28.7 Å². The van der Waals surface area contributed by atoms with Crippen LogP contribution in [0.5, 0.6) is 0 Å². The maximum Gasteiger partial charge on any atom is 0.358 e. The van der Waals surface area contributed by atoms with E-state index >= 15 is 0 Å². The molecule has 0 radical (unpaired) electrons. The molecule has 0 saturated heterocycles. The van der Waals surface area contributed by atoms with Crippen molar-refractivity contribution in [1.82, 2.24) is 5.16 Å². The van der Waals surface area contributed by atoms with Crippen molar-refractivity contribution in [3.05, 3.63) is 41.8 Å². The highest BCUT2D eigenvalue weighted by Crippen LogP contribution is 2.30. The van der Waals surface area contributed by atoms with Crippen LogP contribution in [0.15, 0.2) is 34.9 Å². The van der Waals surface area contributed by atoms with Crippen LogP contribution < -0.4 is 10.2 Å². The summed E-state index contributed by atoms with van der Waals surface area (Å²) < 4.78 is 4.97. The Morgan fingerprint density at radius 3 is 3.00 bits per heavy atom. The Labute approximate surface area is 113 Å². The molecule has 1 aliphatic heterocycles. The summed E-state index contributed by atoms with van der Waals surface area (Å²) in [5, 5.41) is 15.0. The van der Waals surface area contributed by atoms with Gasteiger partial charge in [0.05, 0.1) is 24.5 Å². The molecule has 0 fully saturated rings. The quantitative estimate of drug-likeness (QED) is 0.876. The third-order valence-electron chi connectivity index (χ3n) is 2.98. The van der Waals surface area contributed by atoms with Gasteiger partial charge in [-0.1, -0.05) is 17.3 Å². The number of hydrogen-bond donors (Lipinski definition) is 2. The first-order chi connectivity index (χ1) is 9.63. The van der Waals surface area contributed by atoms with Crippen LogP contribution in [-0.2, 0) is 11.3 Å². The lowest BCUT2D eigenvalue weighted by atomic mass is 10.2. The number of carbonyl (C=O) groups excluding carboxylic acids is 1. The normalized spacial score (nSPS) is 13.8. The van der Waals surface area contributed by atoms with E-state index in [1.165, 1.54) is 6.07 Å². The second-order valence-electron chi connectivity index (χ2n) is 4.41. The fourth-order valence-electron chi connectivity index (χ4n) is 2.12. The van der Waals surface area contributed by atoms with E-state index in [0.717, 1.165) is 11.4 Å². The van der Waals surface area contributed by atoms with E-state index in [1.807, 2.05) is 24.3 Å². The van der Waals surface area contributed by atoms with Gasteiger partial charge in [-0.25, -0.2) is 4.79 Å². The number of carbonyl (C=O) groups is 2. The maximum atomic E-state index is 11.6. The van der Waals surface area contributed by atoms with Crippen molar-refractivity contribution in [3.63, 3.8) is 0 Å². The number of para-hydroxylation sites is 2. The number of nitrogens with zero attached hydrogens (tertiary/aromatic N) is 2. The summed E-state index contributed by atoms with van der Waals surface area (Å²) in [7, 11) is 0. The number of aromatic nitrogens is 1. The van der Waals surface area contributed by atoms with Crippen molar-refractivity contribution in [3.8, 4) is 0 Å². The van der Waals surface area contributed by atoms with Gasteiger partial charge >= 0.3 is 5.97 Å². The topological polar surface area (TPSA) is 95.7 Å². The van der Waals surface area contributed by atoms with Gasteiger partial charge in [-0.2, -0.15) is 0 Å². The van der Waals surface area contributed by atoms with Crippen molar-refractivity contribution in [2.75, 3.05) is 16.8 Å². The molecule has 0 spiro atoms. The first kappa shape index (κ1) is 12.2. The van der Waals surface area contributed by atoms with Crippen LogP contribution in [0.25, 0.3) is 0 Å². The van der Waals surface area contributed by atoms with Crippen LogP contribution in [0.1, 0.15) is 16.2 Å². The Kier molecular flexibility index (Phi) is 2.86. The summed E-state index contributed by atoms with van der Waals surface area (Å²) in [5.74, 6) is -0.870. The van der Waals surface area contributed by atoms with Gasteiger partial charge in [0, 0.05) is 6.07 Å². The van der Waals surface area contributed by atoms with E-state index in [4.69, 9.17) is 9.63 Å². The van der Waals surface area contributed by atoms with Gasteiger partial charge in [0.2, 0.25) is 5.91 Å². The van der Waals surface area contributed by atoms with E-state index in [2.05, 4.69) is 10.5 Å². The maximum absolute atomic E-state index is 11.6. The number of anilines is 2. The monoisotopic (exact) mass is 273 g/mol. The largest absolute Gasteiger partial charge is 0.476 e. The minimum atomic E-state index is -1.14. The Morgan fingerprint density at radius 2 is 2.25 bits per heavy atom. The molecule has 2 heterocycles. The molecule has 20 heavy (non-hydrogen) atoms. The second-order valence-corrected chi connectivity index (χ2v) is 4.41. The summed E-state index contributed by atoms with van der Waals surface area (Å²) in [5.41, 5.74) is 1.44. The number of fused-ring (bicyclic) bond motifs is 1. The van der Waals surface area contributed by atoms with Gasteiger partial charge in [-0.15, -0.1) is 0 Å². The SMILES string of the molecule is O=C1CN(Cc2cc(C(=O)O)no2)c2ccccc2N1. The van der Waals surface area contributed by atoms with Gasteiger partial charge in [0.15, 0.2) is 11.5 Å². The number of rotatable bonds is 3. The molecular formula is C13H11N3O4. The predicted molar refractivity (Wildman–Crippen MR) is 69.6 cm³/mol. The summed E-state index contributed by atoms with van der Waals surface area (Å²) in [6, 6.07) is 8.75. The standard InChI is InChI=1S/C13H11N3O4/c17-12-7-16(11-4-2-1-3-9(11)14-12)6-8-5-10(13(18)19)15-20-8/h1-5H,6-7H2,(H,14,17)(H,18,19). The Balaban J connectivity index is 1.86. The molecule has 1 amide bonds. The number of benzene rings is 1. The van der Waals surface area contributed by atoms with Crippen molar-refractivity contribution < 1.29 is 19.2 Å². The van der Waals surface area contributed by atoms with Gasteiger partial charge in [0.1, 0.15) is 0 Å². The van der Waals surface area contributed by atoms with Crippen LogP contribution >= 0.6 is 0 Å². The summed E-state index contributed by atoms with van der Waals surface area (Å²) in [4.78, 5) is 24.2. The molecule has 0 saturated carbocycles. The molecule has 0 aliphatic carbocycles. The minimum Gasteiger partial charge on any atom is -0.476 e. The third kappa shape index (κ3) is 2.20. The zero-order chi connectivity index (χ0) is 14.1. The average Bonchev–Trinajstić information content (AvgIpc) is 2.87. The first-order valence-electron chi connectivity index (χ1n) is 5.96. The molecular weight excluding hydrogens is 262 g/mol. The van der Waals surface area contributed by atoms with Crippen molar-refractivity contribution >= 4 is 23.3 Å². The molecule has 7 heteroatoms. The summed E-state index contributed by atoms with van der Waals surface area (Å²) >= 11 is 0. The van der Waals surface area contributed by atoms with Crippen molar-refractivity contribution in [1.29, 1.82) is 0 Å². The number of aromatic carboxylic acids is 1. The highest BCUT2D eigenvalue weighted by molar-refractivity contribution is 6.01. The molecule has 102 valence electrons. The van der Waals surface area contributed by atoms with Crippen molar-refractivity contribution in [2.24, 2.45) is 0 Å². The Hall–Kier alpha value is -2.83. The highest BCUT2D eigenvalue weighted by atomic mass is 16.5. The molecule has 7 nitrogen and oxygen atoms in total. The molecule has 1 aromatic heterocycles. The number of carboxylic acid groups (broad SMARTS) is 1. The lowest BCUT2D eigenvalue weighted by Gasteiger charge is -2.29. The molecule has 0 unspecified atom stereocenters. The average molecular weight is 273 g/mol. The molecule has 2 N–H and O–H groups in total. The number of hydrogen-bond acceptors (Lipinski definition) is 5. The fourth-order valence-corrected chi connectivity index (χ4v) is 2.12. The molecule has 1 aliphatic rings. The van der Waals surface area contributed by atoms with E-state index < -0.39 is 5.97 Å². The van der Waals surface area contributed by atoms with E-state index in [1.54, 1.807) is 4.90 Å². The van der Waals surface area contributed by atoms with Crippen LogP contribution in [0.2, 0.25) is 0 Å². The van der Waals surface area contributed by atoms with Crippen molar-refractivity contribution in [2.45, 2.75) is 6.54 Å². The highest BCUT2D eigenvalue weighted by Gasteiger charge is 2.23. The molecule has 0 bridgehead atoms. The zero-order valence-electron chi connectivity index (χ0n) is 10.4. The summed E-state index contributed by atoms with van der Waals surface area (Å²) in [6.07, 6.45) is 0. The predicted octanol–water partition coefficient (Wildman–Crippen LogP) is 1.33. The van der Waals surface area contributed by atoms with E-state index in [0.29, 0.717) is 5.76 Å². The van der Waals surface area contributed by atoms with Gasteiger partial charge in [-0.05, 0) is 12.1 Å². The molecule has 1 aromatic carbocycles. The Bertz CT molecular complexity index is 680. The van der Waals surface area contributed by atoms with Crippen LogP contribution in [0.4, 0.5) is 11.4 Å². The van der Waals surface area contributed by atoms with Crippen LogP contribution in [0.3, 0.4) is 0 Å². The second kappa shape index (κ2) is 4.69. The lowest BCUT2D eigenvalue weighted by Crippen LogP contribution is -2.37. The Morgan fingerprint density at radius 1 is 1.45 bits per heavy atom. The third-order valence-corrected chi connectivity index (χ3v) is 2.98. The zero-order valence-corrected chi connectivity index (χ0v) is 10.4. The van der Waals surface area contributed by atoms with Gasteiger partial charge in [0.25, 0.3) is 0 Å². The van der Waals surface area contributed by atoms with Gasteiger partial charge in [-0.3, -0.25) is 4.79 Å². The smallest absolute Gasteiger partial charge is 0.358 e. The number of nitrogens with one attached hydrogen (secondary N) is 1. The molecule has 3 rings (SSSR count). The van der Waals surface area contributed by atoms with E-state index in [-0.39, 0.29) is 24.7 Å². The molecule has 0 atom stereocenters. The minimum absolute atomic E-state index is 0.123. The molecule has 2 aromatic rings. The number of carboxylic acids is 1.